The van der Waals surface area contributed by atoms with Crippen LogP contribution in [0.15, 0.2) is 109 Å². The van der Waals surface area contributed by atoms with E-state index >= 15 is 0 Å². The molecule has 1 heterocycles. The lowest BCUT2D eigenvalue weighted by molar-refractivity contribution is -0.0427. The van der Waals surface area contributed by atoms with Gasteiger partial charge in [0.05, 0.1) is 18.2 Å². The van der Waals surface area contributed by atoms with E-state index in [1.807, 2.05) is 96.7 Å². The number of rotatable bonds is 11. The van der Waals surface area contributed by atoms with E-state index in [1.165, 1.54) is 0 Å². The Kier molecular flexibility index (Phi) is 9.82. The Labute approximate surface area is 257 Å². The third-order valence-electron chi connectivity index (χ3n) is 8.06. The summed E-state index contributed by atoms with van der Waals surface area (Å²) in [5.74, 6) is 0. The van der Waals surface area contributed by atoms with Crippen molar-refractivity contribution in [2.24, 2.45) is 0 Å². The lowest BCUT2D eigenvalue weighted by Crippen LogP contribution is -2.68. The van der Waals surface area contributed by atoms with E-state index in [9.17, 15) is 9.90 Å². The fourth-order valence-electron chi connectivity index (χ4n) is 5.89. The second-order valence-electron chi connectivity index (χ2n) is 10.9. The van der Waals surface area contributed by atoms with Crippen LogP contribution in [0.3, 0.4) is 0 Å². The molecule has 2 amide bonds. The number of nitrogens with one attached hydrogen (secondary N) is 2. The zero-order valence-corrected chi connectivity index (χ0v) is 25.7. The summed E-state index contributed by atoms with van der Waals surface area (Å²) >= 11 is 3.95. The molecule has 0 spiro atoms. The van der Waals surface area contributed by atoms with E-state index < -0.39 is 18.2 Å². The molecule has 42 heavy (non-hydrogen) atoms. The van der Waals surface area contributed by atoms with Crippen LogP contribution in [0, 0.1) is 0 Å². The topological polar surface area (TPSA) is 67.8 Å². The highest BCUT2D eigenvalue weighted by molar-refractivity contribution is 9.09. The fraction of sp³-hybridized carbons (Fsp3) is 0.286. The van der Waals surface area contributed by atoms with Crippen LogP contribution in [0.5, 0.6) is 0 Å². The number of alkyl halides is 1. The van der Waals surface area contributed by atoms with Crippen molar-refractivity contribution in [3.8, 4) is 0 Å². The van der Waals surface area contributed by atoms with E-state index in [-0.39, 0.29) is 10.9 Å². The van der Waals surface area contributed by atoms with Crippen molar-refractivity contribution in [2.75, 3.05) is 24.7 Å². The van der Waals surface area contributed by atoms with Crippen molar-refractivity contribution in [1.29, 1.82) is 0 Å². The molecule has 1 aliphatic heterocycles. The molecule has 0 radical (unpaired) electrons. The van der Waals surface area contributed by atoms with Gasteiger partial charge in [-0.2, -0.15) is 0 Å². The maximum atomic E-state index is 14.6. The van der Waals surface area contributed by atoms with Crippen LogP contribution in [-0.2, 0) is 25.9 Å². The number of halogens is 1. The first kappa shape index (κ1) is 29.7. The smallest absolute Gasteiger partial charge is 0.321 e. The molecule has 6 nitrogen and oxygen atoms in total. The van der Waals surface area contributed by atoms with Crippen molar-refractivity contribution >= 4 is 33.3 Å². The lowest BCUT2D eigenvalue weighted by Gasteiger charge is -2.51. The Hall–Kier alpha value is -3.81. The number of benzene rings is 4. The summed E-state index contributed by atoms with van der Waals surface area (Å²) < 4.78 is 0. The van der Waals surface area contributed by atoms with Crippen LogP contribution in [0.4, 0.5) is 16.2 Å². The number of nitrogens with zero attached hydrogens (tertiary/aromatic N) is 2. The van der Waals surface area contributed by atoms with Gasteiger partial charge < -0.3 is 25.5 Å². The van der Waals surface area contributed by atoms with Gasteiger partial charge in [0.1, 0.15) is 0 Å². The Morgan fingerprint density at radius 1 is 0.714 bits per heavy atom. The number of anilines is 2. The number of hydrogen-bond acceptors (Lipinski definition) is 4. The summed E-state index contributed by atoms with van der Waals surface area (Å²) in [6.07, 6.45) is 0.450. The van der Waals surface area contributed by atoms with Crippen molar-refractivity contribution in [2.45, 2.75) is 48.9 Å². The summed E-state index contributed by atoms with van der Waals surface area (Å²) in [7, 11) is 3.78. The largest absolute Gasteiger partial charge is 0.389 e. The number of carbonyl (C=O) groups is 1. The first-order valence-corrected chi connectivity index (χ1v) is 15.4. The third-order valence-corrected chi connectivity index (χ3v) is 8.93. The highest BCUT2D eigenvalue weighted by Gasteiger charge is 2.48. The minimum absolute atomic E-state index is 0.0755. The Bertz CT molecular complexity index is 1450. The number of urea groups is 1. The number of aliphatic hydroxyl groups excluding tert-OH is 1. The molecule has 4 aromatic carbocycles. The van der Waals surface area contributed by atoms with Gasteiger partial charge in [-0.15, -0.1) is 0 Å². The molecule has 0 aliphatic carbocycles. The predicted molar refractivity (Wildman–Crippen MR) is 175 cm³/mol. The van der Waals surface area contributed by atoms with Crippen LogP contribution in [-0.4, -0.2) is 58.0 Å². The average Bonchev–Trinajstić information content (AvgIpc) is 3.02. The molecular formula is C35H39BrN4O2. The van der Waals surface area contributed by atoms with Gasteiger partial charge >= 0.3 is 6.03 Å². The Morgan fingerprint density at radius 3 is 1.76 bits per heavy atom. The van der Waals surface area contributed by atoms with E-state index in [2.05, 4.69) is 63.0 Å². The zero-order chi connectivity index (χ0) is 29.5. The molecule has 0 bridgehead atoms. The van der Waals surface area contributed by atoms with E-state index in [1.54, 1.807) is 0 Å². The molecular weight excluding hydrogens is 588 g/mol. The van der Waals surface area contributed by atoms with Crippen molar-refractivity contribution in [3.05, 3.63) is 131 Å². The third kappa shape index (κ3) is 6.97. The first-order chi connectivity index (χ1) is 20.5. The minimum atomic E-state index is -0.795. The molecule has 1 fully saturated rings. The fourth-order valence-corrected chi connectivity index (χ4v) is 6.86. The van der Waals surface area contributed by atoms with Gasteiger partial charge in [-0.3, -0.25) is 0 Å². The molecule has 4 atom stereocenters. The quantitative estimate of drug-likeness (QED) is 0.165. The van der Waals surface area contributed by atoms with Crippen LogP contribution >= 0.6 is 15.9 Å². The van der Waals surface area contributed by atoms with Crippen molar-refractivity contribution in [3.63, 3.8) is 0 Å². The van der Waals surface area contributed by atoms with Crippen LogP contribution in [0.2, 0.25) is 0 Å². The van der Waals surface area contributed by atoms with Crippen molar-refractivity contribution < 1.29 is 9.90 Å². The zero-order valence-electron chi connectivity index (χ0n) is 24.2. The van der Waals surface area contributed by atoms with Crippen LogP contribution in [0.25, 0.3) is 0 Å². The highest BCUT2D eigenvalue weighted by Crippen LogP contribution is 2.34. The molecule has 4 aromatic rings. The summed E-state index contributed by atoms with van der Waals surface area (Å²) in [5.41, 5.74) is 6.23. The lowest BCUT2D eigenvalue weighted by atomic mass is 9.88. The van der Waals surface area contributed by atoms with Gasteiger partial charge in [0.25, 0.3) is 0 Å². The normalized spacial score (nSPS) is 19.4. The second-order valence-corrected chi connectivity index (χ2v) is 12.1. The number of hydrogen-bond donors (Lipinski definition) is 3. The maximum Gasteiger partial charge on any atom is 0.321 e. The van der Waals surface area contributed by atoms with Gasteiger partial charge in [0, 0.05) is 43.4 Å². The van der Waals surface area contributed by atoms with Crippen LogP contribution in [0.1, 0.15) is 22.3 Å². The van der Waals surface area contributed by atoms with Gasteiger partial charge in [-0.25, -0.2) is 4.79 Å². The molecule has 0 saturated carbocycles. The van der Waals surface area contributed by atoms with E-state index in [4.69, 9.17) is 0 Å². The predicted octanol–water partition coefficient (Wildman–Crippen LogP) is 6.55. The maximum absolute atomic E-state index is 14.6. The SMILES string of the molecule is CNc1cccc(CN2C(=O)N(Cc3cccc(NC)c3)[C@H](C(Br)Cc3ccccc3)[C@@H](O)[C@H]2Cc2ccccc2)c1. The summed E-state index contributed by atoms with van der Waals surface area (Å²) in [5, 5.41) is 18.7. The summed E-state index contributed by atoms with van der Waals surface area (Å²) in [6.45, 7) is 0.784. The molecule has 218 valence electrons. The van der Waals surface area contributed by atoms with Gasteiger partial charge in [-0.05, 0) is 59.4 Å². The Balaban J connectivity index is 1.54. The molecule has 5 rings (SSSR count). The standard InChI is InChI=1S/C35H39BrN4O2/c1-37-29-17-9-15-27(19-29)23-39-32(22-26-13-7-4-8-14-26)34(41)33(31(36)21-25-11-5-3-6-12-25)40(35(39)42)24-28-16-10-18-30(20-28)38-2/h3-20,31-34,37-38,41H,21-24H2,1-2H3/t31?,32-,33-,34+/m1/s1. The molecule has 1 saturated heterocycles. The number of amides is 2. The monoisotopic (exact) mass is 626 g/mol. The summed E-state index contributed by atoms with van der Waals surface area (Å²) in [6, 6.07) is 35.7. The van der Waals surface area contributed by atoms with Crippen molar-refractivity contribution in [1.82, 2.24) is 9.80 Å². The van der Waals surface area contributed by atoms with E-state index in [0.717, 1.165) is 33.6 Å². The molecule has 1 aliphatic rings. The molecule has 7 heteroatoms. The first-order valence-electron chi connectivity index (χ1n) is 14.5. The molecule has 1 unspecified atom stereocenters. The van der Waals surface area contributed by atoms with E-state index in [0.29, 0.717) is 25.9 Å². The number of carbonyl (C=O) groups excluding carboxylic acids is 1. The number of aliphatic hydroxyl groups is 1. The highest BCUT2D eigenvalue weighted by atomic mass is 79.9. The summed E-state index contributed by atoms with van der Waals surface area (Å²) in [4.78, 5) is 18.2. The van der Waals surface area contributed by atoms with Crippen LogP contribution < -0.4 is 10.6 Å². The average molecular weight is 628 g/mol. The van der Waals surface area contributed by atoms with Gasteiger partial charge in [0.15, 0.2) is 0 Å². The van der Waals surface area contributed by atoms with Gasteiger partial charge in [-0.1, -0.05) is 101 Å². The second kappa shape index (κ2) is 13.9. The molecule has 3 N–H and O–H groups in total. The Morgan fingerprint density at radius 2 is 1.21 bits per heavy atom. The minimum Gasteiger partial charge on any atom is -0.389 e. The molecule has 0 aromatic heterocycles. The van der Waals surface area contributed by atoms with Gasteiger partial charge in [0.2, 0.25) is 0 Å².